The van der Waals surface area contributed by atoms with Crippen LogP contribution in [0.3, 0.4) is 0 Å². The second kappa shape index (κ2) is 6.69. The first-order valence-electron chi connectivity index (χ1n) is 8.20. The molecule has 1 aromatic carbocycles. The van der Waals surface area contributed by atoms with E-state index in [1.807, 2.05) is 13.8 Å². The maximum absolute atomic E-state index is 13.0. The number of rotatable bonds is 5. The number of nitrogens with one attached hydrogen (secondary N) is 1. The summed E-state index contributed by atoms with van der Waals surface area (Å²) in [5.41, 5.74) is 0.172. The minimum absolute atomic E-state index is 0.0346. The summed E-state index contributed by atoms with van der Waals surface area (Å²) in [6, 6.07) is 2.80. The van der Waals surface area contributed by atoms with Crippen molar-refractivity contribution >= 4 is 9.84 Å². The zero-order valence-corrected chi connectivity index (χ0v) is 15.2. The summed E-state index contributed by atoms with van der Waals surface area (Å²) >= 11 is 0. The minimum atomic E-state index is -3.46. The first-order valence-corrected chi connectivity index (χ1v) is 9.85. The van der Waals surface area contributed by atoms with Gasteiger partial charge in [0.05, 0.1) is 17.8 Å². The summed E-state index contributed by atoms with van der Waals surface area (Å²) in [4.78, 5) is 0.263. The highest BCUT2D eigenvalue weighted by Gasteiger charge is 2.40. The molecule has 2 rings (SSSR count). The number of methoxy groups -OCH3 is 1. The molecule has 2 atom stereocenters. The van der Waals surface area contributed by atoms with E-state index in [9.17, 15) is 13.5 Å². The number of sulfone groups is 1. The zero-order chi connectivity index (χ0) is 17.3. The average molecular weight is 341 g/mol. The van der Waals surface area contributed by atoms with Crippen LogP contribution in [0.5, 0.6) is 11.5 Å². The highest BCUT2D eigenvalue weighted by atomic mass is 32.2. The first kappa shape index (κ1) is 18.1. The topological polar surface area (TPSA) is 75.6 Å². The number of ether oxygens (including phenoxy) is 1. The fraction of sp³-hybridized carbons (Fsp3) is 0.647. The predicted octanol–water partition coefficient (Wildman–Crippen LogP) is 3.18. The highest BCUT2D eigenvalue weighted by Crippen LogP contribution is 2.40. The van der Waals surface area contributed by atoms with Crippen LogP contribution in [0, 0.1) is 0 Å². The molecule has 0 unspecified atom stereocenters. The number of fused-ring (bicyclic) bond motifs is 1. The van der Waals surface area contributed by atoms with E-state index in [1.165, 1.54) is 19.2 Å². The number of phenols is 1. The number of phenolic OH excluding ortho intramolecular Hbond substituents is 1. The molecule has 5 nitrogen and oxygen atoms in total. The summed E-state index contributed by atoms with van der Waals surface area (Å²) in [5, 5.41) is 13.5. The molecule has 1 heterocycles. The van der Waals surface area contributed by atoms with Crippen LogP contribution in [0.1, 0.15) is 58.1 Å². The predicted molar refractivity (Wildman–Crippen MR) is 90.8 cm³/mol. The van der Waals surface area contributed by atoms with Gasteiger partial charge in [-0.1, -0.05) is 26.7 Å². The molecular formula is C17H27NO4S. The molecule has 0 aromatic heterocycles. The molecule has 2 N–H and O–H groups in total. The van der Waals surface area contributed by atoms with E-state index < -0.39 is 15.4 Å². The lowest BCUT2D eigenvalue weighted by Gasteiger charge is -2.34. The van der Waals surface area contributed by atoms with Crippen molar-refractivity contribution in [2.75, 3.05) is 12.9 Å². The molecule has 0 spiro atoms. The van der Waals surface area contributed by atoms with Gasteiger partial charge < -0.3 is 15.2 Å². The van der Waals surface area contributed by atoms with Crippen LogP contribution in [0.15, 0.2) is 17.0 Å². The molecule has 0 saturated carbocycles. The third-order valence-electron chi connectivity index (χ3n) is 4.79. The number of benzene rings is 1. The monoisotopic (exact) mass is 341 g/mol. The Morgan fingerprint density at radius 3 is 2.65 bits per heavy atom. The van der Waals surface area contributed by atoms with Gasteiger partial charge in [-0.25, -0.2) is 8.42 Å². The fourth-order valence-corrected chi connectivity index (χ4v) is 5.59. The Balaban J connectivity index is 2.57. The quantitative estimate of drug-likeness (QED) is 0.860. The zero-order valence-electron chi connectivity index (χ0n) is 14.3. The van der Waals surface area contributed by atoms with E-state index in [2.05, 4.69) is 12.2 Å². The molecule has 23 heavy (non-hydrogen) atoms. The molecule has 0 fully saturated rings. The van der Waals surface area contributed by atoms with Crippen molar-refractivity contribution in [1.29, 1.82) is 0 Å². The van der Waals surface area contributed by atoms with Gasteiger partial charge in [0.25, 0.3) is 0 Å². The number of unbranched alkanes of at least 4 members (excludes halogenated alkanes) is 1. The number of hydrogen-bond donors (Lipinski definition) is 2. The van der Waals surface area contributed by atoms with E-state index in [0.717, 1.165) is 25.7 Å². The molecule has 0 bridgehead atoms. The molecule has 130 valence electrons. The van der Waals surface area contributed by atoms with Crippen molar-refractivity contribution in [3.63, 3.8) is 0 Å². The van der Waals surface area contributed by atoms with Crippen molar-refractivity contribution < 1.29 is 18.3 Å². The van der Waals surface area contributed by atoms with Gasteiger partial charge in [0.2, 0.25) is 0 Å². The van der Waals surface area contributed by atoms with Crippen molar-refractivity contribution in [1.82, 2.24) is 5.32 Å². The van der Waals surface area contributed by atoms with E-state index >= 15 is 0 Å². The molecule has 1 aliphatic heterocycles. The van der Waals surface area contributed by atoms with Crippen LogP contribution >= 0.6 is 0 Å². The fourth-order valence-electron chi connectivity index (χ4n) is 3.40. The Bertz CT molecular complexity index is 671. The third kappa shape index (κ3) is 3.48. The molecule has 1 aliphatic rings. The molecule has 0 radical (unpaired) electrons. The average Bonchev–Trinajstić information content (AvgIpc) is 2.58. The van der Waals surface area contributed by atoms with Gasteiger partial charge in [-0.15, -0.1) is 0 Å². The maximum atomic E-state index is 13.0. The summed E-state index contributed by atoms with van der Waals surface area (Å²) < 4.78 is 31.0. The van der Waals surface area contributed by atoms with Crippen LogP contribution in [0.4, 0.5) is 0 Å². The summed E-state index contributed by atoms with van der Waals surface area (Å²) in [6.07, 6.45) is 3.57. The number of aromatic hydroxyl groups is 1. The van der Waals surface area contributed by atoms with Crippen LogP contribution in [0.25, 0.3) is 0 Å². The molecule has 6 heteroatoms. The van der Waals surface area contributed by atoms with Gasteiger partial charge in [-0.05, 0) is 31.4 Å². The SMILES string of the molecule is CCCC[C@]1(CC)CS(=O)(=O)c2cc(OC)c(O)cc2[C@@H](C)N1. The van der Waals surface area contributed by atoms with Gasteiger partial charge in [0.1, 0.15) is 0 Å². The Morgan fingerprint density at radius 1 is 1.39 bits per heavy atom. The Labute approximate surface area is 139 Å². The largest absolute Gasteiger partial charge is 0.504 e. The van der Waals surface area contributed by atoms with Crippen molar-refractivity contribution in [2.24, 2.45) is 0 Å². The minimum Gasteiger partial charge on any atom is -0.504 e. The third-order valence-corrected chi connectivity index (χ3v) is 6.74. The van der Waals surface area contributed by atoms with Crippen molar-refractivity contribution in [3.8, 4) is 11.5 Å². The molecule has 0 saturated heterocycles. The van der Waals surface area contributed by atoms with Gasteiger partial charge in [-0.3, -0.25) is 0 Å². The molecule has 0 amide bonds. The standard InChI is InChI=1S/C17H27NO4S/c1-5-7-8-17(6-2)11-23(20,21)16-10-15(22-4)14(19)9-13(16)12(3)18-17/h9-10,12,18-19H,5-8,11H2,1-4H3/t12-,17-/m1/s1. The Morgan fingerprint density at radius 2 is 2.09 bits per heavy atom. The van der Waals surface area contributed by atoms with Crippen LogP contribution in [-0.4, -0.2) is 31.9 Å². The molecule has 0 aliphatic carbocycles. The van der Waals surface area contributed by atoms with E-state index in [-0.39, 0.29) is 28.2 Å². The van der Waals surface area contributed by atoms with Crippen molar-refractivity contribution in [2.45, 2.75) is 62.9 Å². The smallest absolute Gasteiger partial charge is 0.180 e. The number of hydrogen-bond acceptors (Lipinski definition) is 5. The highest BCUT2D eigenvalue weighted by molar-refractivity contribution is 7.91. The molecular weight excluding hydrogens is 314 g/mol. The van der Waals surface area contributed by atoms with E-state index in [0.29, 0.717) is 5.56 Å². The van der Waals surface area contributed by atoms with E-state index in [1.54, 1.807) is 0 Å². The lowest BCUT2D eigenvalue weighted by Crippen LogP contribution is -2.49. The van der Waals surface area contributed by atoms with Gasteiger partial charge in [-0.2, -0.15) is 0 Å². The second-order valence-corrected chi connectivity index (χ2v) is 8.38. The summed E-state index contributed by atoms with van der Waals surface area (Å²) in [6.45, 7) is 6.08. The Hall–Kier alpha value is -1.27. The van der Waals surface area contributed by atoms with Gasteiger partial charge >= 0.3 is 0 Å². The summed E-state index contributed by atoms with van der Waals surface area (Å²) in [5.74, 6) is 0.228. The van der Waals surface area contributed by atoms with E-state index in [4.69, 9.17) is 4.74 Å². The lowest BCUT2D eigenvalue weighted by molar-refractivity contribution is 0.287. The first-order chi connectivity index (χ1) is 10.8. The summed E-state index contributed by atoms with van der Waals surface area (Å²) in [7, 11) is -2.04. The Kier molecular flexibility index (Phi) is 5.26. The lowest BCUT2D eigenvalue weighted by atomic mass is 9.90. The van der Waals surface area contributed by atoms with Crippen LogP contribution in [0.2, 0.25) is 0 Å². The van der Waals surface area contributed by atoms with Crippen LogP contribution < -0.4 is 10.1 Å². The van der Waals surface area contributed by atoms with Gasteiger partial charge in [0.15, 0.2) is 21.3 Å². The van der Waals surface area contributed by atoms with Crippen LogP contribution in [-0.2, 0) is 9.84 Å². The normalized spacial score (nSPS) is 26.3. The maximum Gasteiger partial charge on any atom is 0.180 e. The molecule has 1 aromatic rings. The van der Waals surface area contributed by atoms with Gasteiger partial charge in [0, 0.05) is 17.6 Å². The van der Waals surface area contributed by atoms with Crippen molar-refractivity contribution in [3.05, 3.63) is 17.7 Å². The second-order valence-electron chi connectivity index (χ2n) is 6.42.